The summed E-state index contributed by atoms with van der Waals surface area (Å²) in [6.07, 6.45) is 8.15. The molecule has 0 saturated carbocycles. The Labute approximate surface area is 143 Å². The Hall–Kier alpha value is -2.40. The second-order valence-corrected chi connectivity index (χ2v) is 6.12. The standard InChI is InChI=1S/C19H24N4O/c1-2-10-20-12-9-17-7-8-19(24)22(17)15-16-5-3-6-18(14-16)23-13-4-11-21-23/h2-6,11,13-14,17,20H,1,7-10,12,15H2/t17-/m0/s1. The van der Waals surface area contributed by atoms with Gasteiger partial charge < -0.3 is 10.2 Å². The maximum absolute atomic E-state index is 12.3. The topological polar surface area (TPSA) is 50.2 Å². The van der Waals surface area contributed by atoms with Gasteiger partial charge in [-0.1, -0.05) is 18.2 Å². The van der Waals surface area contributed by atoms with E-state index in [0.29, 0.717) is 19.0 Å². The summed E-state index contributed by atoms with van der Waals surface area (Å²) in [4.78, 5) is 14.3. The Bertz CT molecular complexity index is 680. The van der Waals surface area contributed by atoms with Crippen LogP contribution in [0.5, 0.6) is 0 Å². The van der Waals surface area contributed by atoms with Crippen molar-refractivity contribution < 1.29 is 4.79 Å². The van der Waals surface area contributed by atoms with E-state index in [1.165, 1.54) is 0 Å². The Balaban J connectivity index is 1.66. The van der Waals surface area contributed by atoms with E-state index in [2.05, 4.69) is 29.1 Å². The van der Waals surface area contributed by atoms with Crippen molar-refractivity contribution in [3.05, 3.63) is 60.9 Å². The summed E-state index contributed by atoms with van der Waals surface area (Å²) in [6, 6.07) is 10.5. The van der Waals surface area contributed by atoms with E-state index in [1.54, 1.807) is 6.20 Å². The highest BCUT2D eigenvalue weighted by molar-refractivity contribution is 5.78. The van der Waals surface area contributed by atoms with Gasteiger partial charge in [0.25, 0.3) is 0 Å². The third-order valence-corrected chi connectivity index (χ3v) is 4.43. The molecular weight excluding hydrogens is 300 g/mol. The zero-order chi connectivity index (χ0) is 16.8. The summed E-state index contributed by atoms with van der Waals surface area (Å²) < 4.78 is 1.84. The summed E-state index contributed by atoms with van der Waals surface area (Å²) in [7, 11) is 0. The monoisotopic (exact) mass is 324 g/mol. The van der Waals surface area contributed by atoms with Crippen LogP contribution in [0.4, 0.5) is 0 Å². The molecule has 1 aromatic heterocycles. The maximum Gasteiger partial charge on any atom is 0.223 e. The second-order valence-electron chi connectivity index (χ2n) is 6.12. The minimum Gasteiger partial charge on any atom is -0.335 e. The van der Waals surface area contributed by atoms with E-state index in [9.17, 15) is 4.79 Å². The van der Waals surface area contributed by atoms with Gasteiger partial charge in [-0.05, 0) is 43.1 Å². The Morgan fingerprint density at radius 2 is 2.29 bits per heavy atom. The van der Waals surface area contributed by atoms with Gasteiger partial charge in [0.05, 0.1) is 5.69 Å². The molecule has 5 nitrogen and oxygen atoms in total. The normalized spacial score (nSPS) is 17.4. The van der Waals surface area contributed by atoms with Gasteiger partial charge in [0.1, 0.15) is 0 Å². The molecule has 0 bridgehead atoms. The van der Waals surface area contributed by atoms with Gasteiger partial charge in [-0.3, -0.25) is 4.79 Å². The average Bonchev–Trinajstić information content (AvgIpc) is 3.24. The SMILES string of the molecule is C=CCNCC[C@@H]1CCC(=O)N1Cc1cccc(-n2cccn2)c1. The molecule has 0 unspecified atom stereocenters. The molecule has 1 fully saturated rings. The number of amides is 1. The van der Waals surface area contributed by atoms with Crippen LogP contribution in [0.3, 0.4) is 0 Å². The lowest BCUT2D eigenvalue weighted by Gasteiger charge is -2.25. The van der Waals surface area contributed by atoms with Crippen LogP contribution in [0.25, 0.3) is 5.69 Å². The highest BCUT2D eigenvalue weighted by Crippen LogP contribution is 2.24. The van der Waals surface area contributed by atoms with Gasteiger partial charge in [0, 0.05) is 37.9 Å². The minimum absolute atomic E-state index is 0.258. The van der Waals surface area contributed by atoms with Crippen molar-refractivity contribution in [2.45, 2.75) is 31.8 Å². The van der Waals surface area contributed by atoms with Crippen LogP contribution in [0, 0.1) is 0 Å². The average molecular weight is 324 g/mol. The number of likely N-dealkylation sites (tertiary alicyclic amines) is 1. The lowest BCUT2D eigenvalue weighted by Crippen LogP contribution is -2.34. The molecule has 0 spiro atoms. The van der Waals surface area contributed by atoms with Crippen molar-refractivity contribution >= 4 is 5.91 Å². The second kappa shape index (κ2) is 7.93. The van der Waals surface area contributed by atoms with Crippen LogP contribution >= 0.6 is 0 Å². The van der Waals surface area contributed by atoms with E-state index in [0.717, 1.165) is 37.2 Å². The molecule has 24 heavy (non-hydrogen) atoms. The first-order valence-corrected chi connectivity index (χ1v) is 8.48. The van der Waals surface area contributed by atoms with Gasteiger partial charge in [0.2, 0.25) is 5.91 Å². The minimum atomic E-state index is 0.258. The number of nitrogens with one attached hydrogen (secondary N) is 1. The van der Waals surface area contributed by atoms with Crippen molar-refractivity contribution in [3.8, 4) is 5.69 Å². The number of nitrogens with zero attached hydrogens (tertiary/aromatic N) is 3. The summed E-state index contributed by atoms with van der Waals surface area (Å²) in [5.74, 6) is 0.258. The van der Waals surface area contributed by atoms with Gasteiger partial charge in [-0.2, -0.15) is 5.10 Å². The fraction of sp³-hybridized carbons (Fsp3) is 0.368. The van der Waals surface area contributed by atoms with E-state index in [1.807, 2.05) is 40.1 Å². The molecule has 1 atom stereocenters. The summed E-state index contributed by atoms with van der Waals surface area (Å²) in [6.45, 7) is 6.10. The van der Waals surface area contributed by atoms with Gasteiger partial charge in [0.15, 0.2) is 0 Å². The van der Waals surface area contributed by atoms with Crippen molar-refractivity contribution in [1.82, 2.24) is 20.0 Å². The molecule has 0 aliphatic carbocycles. The van der Waals surface area contributed by atoms with Crippen LogP contribution in [0.1, 0.15) is 24.8 Å². The van der Waals surface area contributed by atoms with Crippen LogP contribution in [-0.2, 0) is 11.3 Å². The Morgan fingerprint density at radius 3 is 3.08 bits per heavy atom. The van der Waals surface area contributed by atoms with E-state index in [4.69, 9.17) is 0 Å². The molecular formula is C19H24N4O. The first kappa shape index (κ1) is 16.5. The molecule has 1 saturated heterocycles. The summed E-state index contributed by atoms with van der Waals surface area (Å²) in [5, 5.41) is 7.59. The number of carbonyl (C=O) groups excluding carboxylic acids is 1. The van der Waals surface area contributed by atoms with Crippen LogP contribution in [-0.4, -0.2) is 39.7 Å². The third-order valence-electron chi connectivity index (χ3n) is 4.43. The maximum atomic E-state index is 12.3. The lowest BCUT2D eigenvalue weighted by molar-refractivity contribution is -0.129. The quantitative estimate of drug-likeness (QED) is 0.600. The number of hydrogen-bond donors (Lipinski definition) is 1. The van der Waals surface area contributed by atoms with E-state index >= 15 is 0 Å². The Kier molecular flexibility index (Phi) is 5.43. The molecule has 1 aliphatic heterocycles. The molecule has 0 radical (unpaired) electrons. The first-order chi connectivity index (χ1) is 11.8. The van der Waals surface area contributed by atoms with E-state index < -0.39 is 0 Å². The summed E-state index contributed by atoms with van der Waals surface area (Å²) in [5.41, 5.74) is 2.16. The smallest absolute Gasteiger partial charge is 0.223 e. The lowest BCUT2D eigenvalue weighted by atomic mass is 10.1. The molecule has 5 heteroatoms. The van der Waals surface area contributed by atoms with Crippen LogP contribution in [0.15, 0.2) is 55.4 Å². The highest BCUT2D eigenvalue weighted by atomic mass is 16.2. The molecule has 2 heterocycles. The van der Waals surface area contributed by atoms with Crippen molar-refractivity contribution in [2.75, 3.05) is 13.1 Å². The predicted molar refractivity (Wildman–Crippen MR) is 94.8 cm³/mol. The molecule has 1 N–H and O–H groups in total. The number of hydrogen-bond acceptors (Lipinski definition) is 3. The van der Waals surface area contributed by atoms with Gasteiger partial charge in [-0.15, -0.1) is 6.58 Å². The highest BCUT2D eigenvalue weighted by Gasteiger charge is 2.30. The number of rotatable bonds is 8. The van der Waals surface area contributed by atoms with Gasteiger partial charge >= 0.3 is 0 Å². The molecule has 1 aliphatic rings. The summed E-state index contributed by atoms with van der Waals surface area (Å²) >= 11 is 0. The van der Waals surface area contributed by atoms with Crippen LogP contribution in [0.2, 0.25) is 0 Å². The molecule has 2 aromatic rings. The number of carbonyl (C=O) groups is 1. The largest absolute Gasteiger partial charge is 0.335 e. The predicted octanol–water partition coefficient (Wildman–Crippen LogP) is 2.53. The third kappa shape index (κ3) is 3.92. The Morgan fingerprint density at radius 1 is 1.38 bits per heavy atom. The molecule has 3 rings (SSSR count). The zero-order valence-electron chi connectivity index (χ0n) is 13.9. The number of aromatic nitrogens is 2. The van der Waals surface area contributed by atoms with Gasteiger partial charge in [-0.25, -0.2) is 4.68 Å². The number of benzene rings is 1. The zero-order valence-corrected chi connectivity index (χ0v) is 13.9. The van der Waals surface area contributed by atoms with Crippen molar-refractivity contribution in [3.63, 3.8) is 0 Å². The fourth-order valence-corrected chi connectivity index (χ4v) is 3.20. The van der Waals surface area contributed by atoms with Crippen molar-refractivity contribution in [2.24, 2.45) is 0 Å². The first-order valence-electron chi connectivity index (χ1n) is 8.48. The fourth-order valence-electron chi connectivity index (χ4n) is 3.20. The van der Waals surface area contributed by atoms with E-state index in [-0.39, 0.29) is 5.91 Å². The molecule has 1 amide bonds. The molecule has 1 aromatic carbocycles. The van der Waals surface area contributed by atoms with Crippen LogP contribution < -0.4 is 5.32 Å². The van der Waals surface area contributed by atoms with Crippen molar-refractivity contribution in [1.29, 1.82) is 0 Å². The molecule has 126 valence electrons.